The van der Waals surface area contributed by atoms with Crippen molar-refractivity contribution < 1.29 is 14.7 Å². The highest BCUT2D eigenvalue weighted by atomic mass is 32.2. The summed E-state index contributed by atoms with van der Waals surface area (Å²) in [5.41, 5.74) is 5.33. The van der Waals surface area contributed by atoms with Gasteiger partial charge in [-0.25, -0.2) is 9.59 Å². The Balaban J connectivity index is 2.89. The van der Waals surface area contributed by atoms with E-state index in [1.165, 1.54) is 11.8 Å². The standard InChI is InChI=1S/C7H10N2O3S/c1-3-2-13-5(6(10)11)4(3)9-7(8)12/h3H,2H2,1H3,(H,10,11)(H3,8,9,12). The van der Waals surface area contributed by atoms with E-state index in [-0.39, 0.29) is 10.8 Å². The van der Waals surface area contributed by atoms with Gasteiger partial charge in [-0.3, -0.25) is 0 Å². The van der Waals surface area contributed by atoms with E-state index in [2.05, 4.69) is 5.32 Å². The van der Waals surface area contributed by atoms with E-state index in [0.717, 1.165) is 0 Å². The minimum Gasteiger partial charge on any atom is -0.477 e. The molecule has 1 rings (SSSR count). The summed E-state index contributed by atoms with van der Waals surface area (Å²) in [6.45, 7) is 1.84. The largest absolute Gasteiger partial charge is 0.477 e. The van der Waals surface area contributed by atoms with E-state index < -0.39 is 12.0 Å². The van der Waals surface area contributed by atoms with Crippen LogP contribution in [0.3, 0.4) is 0 Å². The lowest BCUT2D eigenvalue weighted by Crippen LogP contribution is -2.31. The molecule has 0 spiro atoms. The van der Waals surface area contributed by atoms with Crippen LogP contribution in [-0.2, 0) is 4.79 Å². The lowest BCUT2D eigenvalue weighted by molar-refractivity contribution is -0.131. The number of nitrogens with one attached hydrogen (secondary N) is 1. The van der Waals surface area contributed by atoms with Crippen molar-refractivity contribution in [2.75, 3.05) is 5.75 Å². The summed E-state index contributed by atoms with van der Waals surface area (Å²) in [6.07, 6.45) is 0. The fourth-order valence-corrected chi connectivity index (χ4v) is 2.20. The fourth-order valence-electron chi connectivity index (χ4n) is 1.08. The minimum atomic E-state index is -1.02. The van der Waals surface area contributed by atoms with Gasteiger partial charge in [0.2, 0.25) is 0 Å². The third-order valence-corrected chi connectivity index (χ3v) is 3.02. The van der Waals surface area contributed by atoms with Gasteiger partial charge in [-0.2, -0.15) is 0 Å². The Bertz CT molecular complexity index is 287. The molecule has 4 N–H and O–H groups in total. The zero-order valence-corrected chi connectivity index (χ0v) is 7.85. The molecular weight excluding hydrogens is 192 g/mol. The molecule has 6 heteroatoms. The summed E-state index contributed by atoms with van der Waals surface area (Å²) in [5.74, 6) is -0.321. The number of carboxylic acids is 1. The molecule has 0 aromatic rings. The van der Waals surface area contributed by atoms with Crippen molar-refractivity contribution in [2.24, 2.45) is 11.7 Å². The number of thioether (sulfide) groups is 1. The third-order valence-electron chi connectivity index (χ3n) is 1.67. The lowest BCUT2D eigenvalue weighted by Gasteiger charge is -2.08. The first-order chi connectivity index (χ1) is 6.02. The number of nitrogens with two attached hydrogens (primary N) is 1. The molecule has 1 aliphatic heterocycles. The highest BCUT2D eigenvalue weighted by Gasteiger charge is 2.27. The van der Waals surface area contributed by atoms with Crippen molar-refractivity contribution >= 4 is 23.8 Å². The number of carboxylic acid groups (broad SMARTS) is 1. The molecule has 0 saturated carbocycles. The summed E-state index contributed by atoms with van der Waals surface area (Å²) >= 11 is 1.22. The van der Waals surface area contributed by atoms with Crippen LogP contribution in [0.4, 0.5) is 4.79 Å². The molecule has 0 fully saturated rings. The third kappa shape index (κ3) is 2.15. The zero-order valence-electron chi connectivity index (χ0n) is 7.03. The van der Waals surface area contributed by atoms with Gasteiger partial charge in [0.15, 0.2) is 0 Å². The number of hydrogen-bond acceptors (Lipinski definition) is 3. The number of allylic oxidation sites excluding steroid dienone is 1. The first-order valence-electron chi connectivity index (χ1n) is 3.69. The Morgan fingerprint density at radius 2 is 2.31 bits per heavy atom. The van der Waals surface area contributed by atoms with Crippen molar-refractivity contribution in [3.05, 3.63) is 10.6 Å². The van der Waals surface area contributed by atoms with E-state index in [1.54, 1.807) is 0 Å². The highest BCUT2D eigenvalue weighted by Crippen LogP contribution is 2.33. The Morgan fingerprint density at radius 3 is 2.77 bits per heavy atom. The number of aliphatic carboxylic acids is 1. The van der Waals surface area contributed by atoms with E-state index in [0.29, 0.717) is 11.4 Å². The van der Waals surface area contributed by atoms with E-state index in [1.807, 2.05) is 6.92 Å². The van der Waals surface area contributed by atoms with Crippen LogP contribution in [0.2, 0.25) is 0 Å². The quantitative estimate of drug-likeness (QED) is 0.601. The fraction of sp³-hybridized carbons (Fsp3) is 0.429. The number of carbonyl (C=O) groups is 2. The first-order valence-corrected chi connectivity index (χ1v) is 4.67. The number of primary amides is 1. The molecule has 72 valence electrons. The molecule has 0 aliphatic carbocycles. The van der Waals surface area contributed by atoms with E-state index in [4.69, 9.17) is 10.8 Å². The van der Waals surface area contributed by atoms with E-state index in [9.17, 15) is 9.59 Å². The molecule has 0 aromatic carbocycles. The van der Waals surface area contributed by atoms with Crippen molar-refractivity contribution in [1.82, 2.24) is 5.32 Å². The number of amides is 2. The molecular formula is C7H10N2O3S. The van der Waals surface area contributed by atoms with Gasteiger partial charge in [-0.05, 0) is 0 Å². The first kappa shape index (κ1) is 9.91. The molecule has 1 heterocycles. The lowest BCUT2D eigenvalue weighted by atomic mass is 10.1. The molecule has 0 bridgehead atoms. The van der Waals surface area contributed by atoms with Gasteiger partial charge in [0.05, 0.1) is 0 Å². The second-order valence-electron chi connectivity index (χ2n) is 2.75. The molecule has 1 aliphatic rings. The van der Waals surface area contributed by atoms with Gasteiger partial charge < -0.3 is 16.2 Å². The molecule has 1 unspecified atom stereocenters. The Labute approximate surface area is 79.4 Å². The van der Waals surface area contributed by atoms with Crippen molar-refractivity contribution in [2.45, 2.75) is 6.92 Å². The van der Waals surface area contributed by atoms with Crippen LogP contribution in [0.25, 0.3) is 0 Å². The van der Waals surface area contributed by atoms with Gasteiger partial charge in [-0.15, -0.1) is 11.8 Å². The summed E-state index contributed by atoms with van der Waals surface area (Å²) in [7, 11) is 0. The normalized spacial score (nSPS) is 21.8. The maximum absolute atomic E-state index is 10.7. The molecule has 0 aromatic heterocycles. The van der Waals surface area contributed by atoms with E-state index >= 15 is 0 Å². The minimum absolute atomic E-state index is 0.0311. The molecule has 5 nitrogen and oxygen atoms in total. The zero-order chi connectivity index (χ0) is 10.0. The molecule has 2 amide bonds. The van der Waals surface area contributed by atoms with Gasteiger partial charge in [0.25, 0.3) is 0 Å². The highest BCUT2D eigenvalue weighted by molar-refractivity contribution is 8.04. The number of urea groups is 1. The topological polar surface area (TPSA) is 92.4 Å². The SMILES string of the molecule is CC1CSC(C(=O)O)=C1NC(N)=O. The van der Waals surface area contributed by atoms with Crippen LogP contribution in [0.5, 0.6) is 0 Å². The molecule has 0 saturated heterocycles. The smallest absolute Gasteiger partial charge is 0.343 e. The summed E-state index contributed by atoms with van der Waals surface area (Å²) < 4.78 is 0. The van der Waals surface area contributed by atoms with Crippen LogP contribution in [-0.4, -0.2) is 22.9 Å². The monoisotopic (exact) mass is 202 g/mol. The summed E-state index contributed by atoms with van der Waals surface area (Å²) in [4.78, 5) is 21.4. The molecule has 1 atom stereocenters. The van der Waals surface area contributed by atoms with Gasteiger partial charge in [0, 0.05) is 17.4 Å². The number of hydrogen-bond donors (Lipinski definition) is 3. The van der Waals surface area contributed by atoms with Gasteiger partial charge >= 0.3 is 12.0 Å². The van der Waals surface area contributed by atoms with Crippen molar-refractivity contribution in [1.29, 1.82) is 0 Å². The predicted octanol–water partition coefficient (Wildman–Crippen LogP) is 0.334. The number of rotatable bonds is 2. The predicted molar refractivity (Wildman–Crippen MR) is 49.0 cm³/mol. The van der Waals surface area contributed by atoms with Crippen LogP contribution in [0.15, 0.2) is 10.6 Å². The maximum atomic E-state index is 10.7. The summed E-state index contributed by atoms with van der Waals surface area (Å²) in [5, 5.41) is 11.1. The van der Waals surface area contributed by atoms with Crippen LogP contribution >= 0.6 is 11.8 Å². The second-order valence-corrected chi connectivity index (χ2v) is 3.78. The van der Waals surface area contributed by atoms with Gasteiger partial charge in [-0.1, -0.05) is 6.92 Å². The molecule has 0 radical (unpaired) electrons. The second kappa shape index (κ2) is 3.69. The Morgan fingerprint density at radius 1 is 1.69 bits per heavy atom. The van der Waals surface area contributed by atoms with Gasteiger partial charge in [0.1, 0.15) is 4.91 Å². The Kier molecular flexibility index (Phi) is 2.82. The van der Waals surface area contributed by atoms with Crippen LogP contribution < -0.4 is 11.1 Å². The van der Waals surface area contributed by atoms with Crippen molar-refractivity contribution in [3.63, 3.8) is 0 Å². The summed E-state index contributed by atoms with van der Waals surface area (Å²) in [6, 6.07) is -0.719. The Hall–Kier alpha value is -1.17. The average Bonchev–Trinajstić information content (AvgIpc) is 2.32. The maximum Gasteiger partial charge on any atom is 0.343 e. The number of carbonyl (C=O) groups excluding carboxylic acids is 1. The average molecular weight is 202 g/mol. The van der Waals surface area contributed by atoms with Crippen molar-refractivity contribution in [3.8, 4) is 0 Å². The van der Waals surface area contributed by atoms with Crippen LogP contribution in [0.1, 0.15) is 6.92 Å². The molecule has 13 heavy (non-hydrogen) atoms. The van der Waals surface area contributed by atoms with Crippen LogP contribution in [0, 0.1) is 5.92 Å².